The number of fused-ring (bicyclic) bond motifs is 1. The highest BCUT2D eigenvalue weighted by Gasteiger charge is 2.24. The van der Waals surface area contributed by atoms with E-state index in [1.165, 1.54) is 7.11 Å². The van der Waals surface area contributed by atoms with Gasteiger partial charge in [0.15, 0.2) is 11.5 Å². The molecule has 2 aromatic carbocycles. The number of ether oxygens (including phenoxy) is 2. The van der Waals surface area contributed by atoms with Gasteiger partial charge < -0.3 is 19.7 Å². The van der Waals surface area contributed by atoms with Gasteiger partial charge in [-0.3, -0.25) is 0 Å². The maximum atomic E-state index is 9.90. The zero-order chi connectivity index (χ0) is 15.0. The SMILES string of the molecule is COc1ccc([C@H]2CCc3ccc(O)c(C)c3O2)cc1O. The van der Waals surface area contributed by atoms with Gasteiger partial charge in [-0.1, -0.05) is 12.1 Å². The number of rotatable bonds is 2. The molecule has 0 unspecified atom stereocenters. The topological polar surface area (TPSA) is 58.9 Å². The predicted molar refractivity (Wildman–Crippen MR) is 79.2 cm³/mol. The highest BCUT2D eigenvalue weighted by molar-refractivity contribution is 5.50. The highest BCUT2D eigenvalue weighted by Crippen LogP contribution is 2.41. The molecular weight excluding hydrogens is 268 g/mol. The van der Waals surface area contributed by atoms with Crippen molar-refractivity contribution in [3.63, 3.8) is 0 Å². The van der Waals surface area contributed by atoms with E-state index in [-0.39, 0.29) is 17.6 Å². The quantitative estimate of drug-likeness (QED) is 0.887. The third-order valence-corrected chi connectivity index (χ3v) is 3.97. The second kappa shape index (κ2) is 5.20. The molecule has 4 nitrogen and oxygen atoms in total. The molecule has 0 aromatic heterocycles. The molecule has 21 heavy (non-hydrogen) atoms. The fraction of sp³-hybridized carbons (Fsp3) is 0.294. The van der Waals surface area contributed by atoms with E-state index in [2.05, 4.69) is 0 Å². The van der Waals surface area contributed by atoms with Crippen molar-refractivity contribution < 1.29 is 19.7 Å². The lowest BCUT2D eigenvalue weighted by atomic mass is 9.95. The van der Waals surface area contributed by atoms with E-state index in [9.17, 15) is 10.2 Å². The fourth-order valence-corrected chi connectivity index (χ4v) is 2.73. The maximum Gasteiger partial charge on any atom is 0.160 e. The van der Waals surface area contributed by atoms with Gasteiger partial charge in [-0.05, 0) is 49.1 Å². The van der Waals surface area contributed by atoms with Crippen molar-refractivity contribution >= 4 is 0 Å². The third kappa shape index (κ3) is 2.37. The van der Waals surface area contributed by atoms with Crippen LogP contribution < -0.4 is 9.47 Å². The molecule has 0 amide bonds. The smallest absolute Gasteiger partial charge is 0.160 e. The van der Waals surface area contributed by atoms with Crippen LogP contribution in [0.25, 0.3) is 0 Å². The van der Waals surface area contributed by atoms with Gasteiger partial charge in [-0.25, -0.2) is 0 Å². The summed E-state index contributed by atoms with van der Waals surface area (Å²) in [6.07, 6.45) is 1.59. The van der Waals surface area contributed by atoms with Gasteiger partial charge in [-0.15, -0.1) is 0 Å². The molecule has 0 bridgehead atoms. The Hall–Kier alpha value is -2.36. The van der Waals surface area contributed by atoms with Crippen molar-refractivity contribution in [2.45, 2.75) is 25.9 Å². The van der Waals surface area contributed by atoms with Crippen LogP contribution in [-0.4, -0.2) is 17.3 Å². The number of methoxy groups -OCH3 is 1. The number of benzene rings is 2. The number of aromatic hydroxyl groups is 2. The molecule has 0 saturated heterocycles. The van der Waals surface area contributed by atoms with Crippen molar-refractivity contribution in [1.82, 2.24) is 0 Å². The predicted octanol–water partition coefficient (Wildman–Crippen LogP) is 3.48. The van der Waals surface area contributed by atoms with Gasteiger partial charge in [-0.2, -0.15) is 0 Å². The summed E-state index contributed by atoms with van der Waals surface area (Å²) in [5, 5.41) is 19.7. The lowest BCUT2D eigenvalue weighted by Gasteiger charge is -2.28. The molecule has 0 fully saturated rings. The second-order valence-corrected chi connectivity index (χ2v) is 5.27. The average Bonchev–Trinajstić information content (AvgIpc) is 2.50. The van der Waals surface area contributed by atoms with Crippen LogP contribution in [0, 0.1) is 6.92 Å². The molecule has 0 radical (unpaired) electrons. The largest absolute Gasteiger partial charge is 0.508 e. The van der Waals surface area contributed by atoms with Gasteiger partial charge in [0.2, 0.25) is 0 Å². The Morgan fingerprint density at radius 2 is 1.95 bits per heavy atom. The van der Waals surface area contributed by atoms with Gasteiger partial charge in [0, 0.05) is 5.56 Å². The summed E-state index contributed by atoms with van der Waals surface area (Å²) in [5.74, 6) is 1.55. The van der Waals surface area contributed by atoms with Gasteiger partial charge in [0.25, 0.3) is 0 Å². The molecule has 1 aliphatic rings. The van der Waals surface area contributed by atoms with Crippen LogP contribution in [0.5, 0.6) is 23.0 Å². The summed E-state index contributed by atoms with van der Waals surface area (Å²) in [4.78, 5) is 0. The highest BCUT2D eigenvalue weighted by atomic mass is 16.5. The number of hydrogen-bond donors (Lipinski definition) is 2. The van der Waals surface area contributed by atoms with Crippen LogP contribution in [0.2, 0.25) is 0 Å². The molecule has 1 aliphatic heterocycles. The number of phenols is 2. The monoisotopic (exact) mass is 286 g/mol. The molecule has 1 atom stereocenters. The van der Waals surface area contributed by atoms with Crippen LogP contribution in [0.4, 0.5) is 0 Å². The van der Waals surface area contributed by atoms with Crippen LogP contribution >= 0.6 is 0 Å². The number of hydrogen-bond acceptors (Lipinski definition) is 4. The first-order valence-corrected chi connectivity index (χ1v) is 6.95. The van der Waals surface area contributed by atoms with Crippen molar-refractivity contribution in [1.29, 1.82) is 0 Å². The van der Waals surface area contributed by atoms with E-state index < -0.39 is 0 Å². The Kier molecular flexibility index (Phi) is 3.37. The van der Waals surface area contributed by atoms with Gasteiger partial charge in [0.05, 0.1) is 7.11 Å². The molecule has 2 N–H and O–H groups in total. The first kappa shape index (κ1) is 13.6. The minimum atomic E-state index is -0.130. The zero-order valence-corrected chi connectivity index (χ0v) is 12.1. The normalized spacial score (nSPS) is 17.0. The van der Waals surface area contributed by atoms with Gasteiger partial charge >= 0.3 is 0 Å². The van der Waals surface area contributed by atoms with Crippen molar-refractivity contribution in [3.05, 3.63) is 47.0 Å². The number of phenolic OH excluding ortho intramolecular Hbond substituents is 2. The van der Waals surface area contributed by atoms with E-state index >= 15 is 0 Å². The van der Waals surface area contributed by atoms with E-state index in [4.69, 9.17) is 9.47 Å². The molecule has 4 heteroatoms. The summed E-state index contributed by atoms with van der Waals surface area (Å²) < 4.78 is 11.1. The lowest BCUT2D eigenvalue weighted by molar-refractivity contribution is 0.174. The molecular formula is C17H18O4. The Morgan fingerprint density at radius 1 is 1.14 bits per heavy atom. The third-order valence-electron chi connectivity index (χ3n) is 3.97. The van der Waals surface area contributed by atoms with Crippen LogP contribution in [0.15, 0.2) is 30.3 Å². The Bertz CT molecular complexity index is 679. The molecule has 0 saturated carbocycles. The van der Waals surface area contributed by atoms with Crippen LogP contribution in [0.3, 0.4) is 0 Å². The summed E-state index contributed by atoms with van der Waals surface area (Å²) in [7, 11) is 1.52. The minimum Gasteiger partial charge on any atom is -0.508 e. The van der Waals surface area contributed by atoms with E-state index in [1.807, 2.05) is 19.1 Å². The standard InChI is InChI=1S/C17H18O4/c1-10-13(18)6-3-11-4-7-15(21-17(10)11)12-5-8-16(20-2)14(19)9-12/h3,5-6,8-9,15,18-19H,4,7H2,1-2H3/t15-/m1/s1. The maximum absolute atomic E-state index is 9.90. The molecule has 2 aromatic rings. The Balaban J connectivity index is 1.92. The van der Waals surface area contributed by atoms with Crippen LogP contribution in [-0.2, 0) is 6.42 Å². The summed E-state index contributed by atoms with van der Waals surface area (Å²) in [6, 6.07) is 8.91. The average molecular weight is 286 g/mol. The first-order chi connectivity index (χ1) is 10.1. The van der Waals surface area contributed by atoms with Crippen molar-refractivity contribution in [2.24, 2.45) is 0 Å². The van der Waals surface area contributed by atoms with Crippen LogP contribution in [0.1, 0.15) is 29.2 Å². The molecule has 0 spiro atoms. The van der Waals surface area contributed by atoms with E-state index in [1.54, 1.807) is 18.2 Å². The summed E-state index contributed by atoms with van der Waals surface area (Å²) >= 11 is 0. The molecule has 110 valence electrons. The number of aryl methyl sites for hydroxylation is 1. The molecule has 1 heterocycles. The first-order valence-electron chi connectivity index (χ1n) is 6.95. The lowest BCUT2D eigenvalue weighted by Crippen LogP contribution is -2.16. The van der Waals surface area contributed by atoms with Gasteiger partial charge in [0.1, 0.15) is 17.6 Å². The molecule has 3 rings (SSSR count). The minimum absolute atomic E-state index is 0.108. The fourth-order valence-electron chi connectivity index (χ4n) is 2.73. The Labute approximate surface area is 123 Å². The molecule has 0 aliphatic carbocycles. The summed E-state index contributed by atoms with van der Waals surface area (Å²) in [6.45, 7) is 1.85. The van der Waals surface area contributed by atoms with Crippen molar-refractivity contribution in [3.8, 4) is 23.0 Å². The van der Waals surface area contributed by atoms with E-state index in [0.29, 0.717) is 5.75 Å². The zero-order valence-electron chi connectivity index (χ0n) is 12.1. The second-order valence-electron chi connectivity index (χ2n) is 5.27. The summed E-state index contributed by atoms with van der Waals surface area (Å²) in [5.41, 5.74) is 2.77. The Morgan fingerprint density at radius 3 is 2.67 bits per heavy atom. The van der Waals surface area contributed by atoms with E-state index in [0.717, 1.165) is 35.3 Å². The van der Waals surface area contributed by atoms with Crippen molar-refractivity contribution in [2.75, 3.05) is 7.11 Å².